The lowest BCUT2D eigenvalue weighted by atomic mass is 10.1. The highest BCUT2D eigenvalue weighted by atomic mass is 32.2. The third kappa shape index (κ3) is 4.47. The molecule has 0 aliphatic heterocycles. The van der Waals surface area contributed by atoms with Gasteiger partial charge in [0.1, 0.15) is 5.03 Å². The number of nitrogens with zero attached hydrogens (tertiary/aromatic N) is 2. The molecule has 2 aromatic heterocycles. The van der Waals surface area contributed by atoms with Crippen molar-refractivity contribution in [3.8, 4) is 17.2 Å². The first-order valence-corrected chi connectivity index (χ1v) is 10.7. The summed E-state index contributed by atoms with van der Waals surface area (Å²) in [4.78, 5) is 17.3. The number of thioether (sulfide) groups is 1. The predicted molar refractivity (Wildman–Crippen MR) is 124 cm³/mol. The van der Waals surface area contributed by atoms with Gasteiger partial charge in [-0.15, -0.1) is 11.8 Å². The van der Waals surface area contributed by atoms with Gasteiger partial charge in [-0.1, -0.05) is 12.1 Å². The third-order valence-corrected chi connectivity index (χ3v) is 5.90. The maximum absolute atomic E-state index is 12.9. The number of benzene rings is 2. The molecule has 0 bridgehead atoms. The van der Waals surface area contributed by atoms with Crippen molar-refractivity contribution in [2.75, 3.05) is 26.6 Å². The molecule has 0 atom stereocenters. The lowest BCUT2D eigenvalue weighted by Crippen LogP contribution is -2.12. The van der Waals surface area contributed by atoms with E-state index >= 15 is 0 Å². The average molecular weight is 451 g/mol. The monoisotopic (exact) mass is 450 g/mol. The summed E-state index contributed by atoms with van der Waals surface area (Å²) in [6.45, 7) is 0. The molecule has 0 saturated heterocycles. The maximum atomic E-state index is 12.9. The Morgan fingerprint density at radius 2 is 1.84 bits per heavy atom. The predicted octanol–water partition coefficient (Wildman–Crippen LogP) is 4.53. The topological polar surface area (TPSA) is 98.4 Å². The summed E-state index contributed by atoms with van der Waals surface area (Å²) in [5.41, 5.74) is 3.04. The van der Waals surface area contributed by atoms with Crippen molar-refractivity contribution in [3.05, 3.63) is 66.0 Å². The van der Waals surface area contributed by atoms with E-state index in [9.17, 15) is 4.79 Å². The molecule has 9 heteroatoms. The SMILES string of the molecule is COc1cc(NC(=O)c2cccc(CSc3nccc4[nH]ncc34)c2)cc(OC)c1OC. The van der Waals surface area contributed by atoms with Crippen LogP contribution in [0.15, 0.2) is 59.9 Å². The van der Waals surface area contributed by atoms with Crippen molar-refractivity contribution in [2.24, 2.45) is 0 Å². The zero-order valence-corrected chi connectivity index (χ0v) is 18.7. The molecule has 2 aromatic carbocycles. The zero-order chi connectivity index (χ0) is 22.5. The van der Waals surface area contributed by atoms with Gasteiger partial charge < -0.3 is 19.5 Å². The highest BCUT2D eigenvalue weighted by molar-refractivity contribution is 7.98. The summed E-state index contributed by atoms with van der Waals surface area (Å²) in [7, 11) is 4.59. The molecule has 2 N–H and O–H groups in total. The second-order valence-electron chi connectivity index (χ2n) is 6.80. The minimum atomic E-state index is -0.235. The molecule has 0 aliphatic carbocycles. The van der Waals surface area contributed by atoms with Crippen molar-refractivity contribution in [1.29, 1.82) is 0 Å². The second-order valence-corrected chi connectivity index (χ2v) is 7.77. The molecule has 2 heterocycles. The standard InChI is InChI=1S/C23H22N4O4S/c1-29-19-10-16(11-20(30-2)21(19)31-3)26-22(28)15-6-4-5-14(9-15)13-32-23-17-12-25-27-18(17)7-8-24-23/h4-12H,13H2,1-3H3,(H,25,27)(H,26,28). The van der Waals surface area contributed by atoms with E-state index in [1.807, 2.05) is 24.3 Å². The van der Waals surface area contributed by atoms with E-state index < -0.39 is 0 Å². The molecule has 4 aromatic rings. The first kappa shape index (κ1) is 21.5. The molecule has 0 radical (unpaired) electrons. The number of carbonyl (C=O) groups is 1. The van der Waals surface area contributed by atoms with Gasteiger partial charge in [-0.25, -0.2) is 4.98 Å². The van der Waals surface area contributed by atoms with Crippen LogP contribution in [0.4, 0.5) is 5.69 Å². The van der Waals surface area contributed by atoms with E-state index in [2.05, 4.69) is 20.5 Å². The van der Waals surface area contributed by atoms with Crippen molar-refractivity contribution < 1.29 is 19.0 Å². The second kappa shape index (κ2) is 9.61. The van der Waals surface area contributed by atoms with Gasteiger partial charge in [-0.3, -0.25) is 9.89 Å². The summed E-state index contributed by atoms with van der Waals surface area (Å²) < 4.78 is 16.0. The number of nitrogens with one attached hydrogen (secondary N) is 2. The highest BCUT2D eigenvalue weighted by Gasteiger charge is 2.15. The van der Waals surface area contributed by atoms with E-state index in [1.165, 1.54) is 21.3 Å². The number of carbonyl (C=O) groups excluding carboxylic acids is 1. The van der Waals surface area contributed by atoms with E-state index in [1.54, 1.807) is 42.4 Å². The molecule has 0 fully saturated rings. The van der Waals surface area contributed by atoms with Crippen LogP contribution in [-0.2, 0) is 5.75 Å². The lowest BCUT2D eigenvalue weighted by molar-refractivity contribution is 0.102. The number of aromatic nitrogens is 3. The Kier molecular flexibility index (Phi) is 6.46. The molecule has 0 unspecified atom stereocenters. The summed E-state index contributed by atoms with van der Waals surface area (Å²) >= 11 is 1.60. The minimum Gasteiger partial charge on any atom is -0.493 e. The van der Waals surface area contributed by atoms with Gasteiger partial charge in [0.05, 0.1) is 38.4 Å². The fourth-order valence-corrected chi connectivity index (χ4v) is 4.20. The molecule has 32 heavy (non-hydrogen) atoms. The van der Waals surface area contributed by atoms with Crippen LogP contribution in [0.25, 0.3) is 10.9 Å². The Hall–Kier alpha value is -3.72. The van der Waals surface area contributed by atoms with Gasteiger partial charge >= 0.3 is 0 Å². The number of rotatable bonds is 8. The number of aromatic amines is 1. The Bertz CT molecular complexity index is 1230. The molecular formula is C23H22N4O4S. The Balaban J connectivity index is 1.49. The maximum Gasteiger partial charge on any atom is 0.255 e. The number of pyridine rings is 1. The number of anilines is 1. The van der Waals surface area contributed by atoms with Gasteiger partial charge in [-0.05, 0) is 23.8 Å². The smallest absolute Gasteiger partial charge is 0.255 e. The third-order valence-electron chi connectivity index (χ3n) is 4.82. The molecule has 4 rings (SSSR count). The van der Waals surface area contributed by atoms with E-state index in [-0.39, 0.29) is 5.91 Å². The quantitative estimate of drug-likeness (QED) is 0.381. The molecule has 0 saturated carbocycles. The van der Waals surface area contributed by atoms with Crippen molar-refractivity contribution >= 4 is 34.3 Å². The zero-order valence-electron chi connectivity index (χ0n) is 17.8. The Labute approximate surface area is 189 Å². The van der Waals surface area contributed by atoms with E-state index in [4.69, 9.17) is 14.2 Å². The van der Waals surface area contributed by atoms with Crippen LogP contribution in [0.2, 0.25) is 0 Å². The van der Waals surface area contributed by atoms with E-state index in [0.29, 0.717) is 34.3 Å². The van der Waals surface area contributed by atoms with E-state index in [0.717, 1.165) is 21.5 Å². The average Bonchev–Trinajstić information content (AvgIpc) is 3.31. The molecule has 8 nitrogen and oxygen atoms in total. The molecular weight excluding hydrogens is 428 g/mol. The number of fused-ring (bicyclic) bond motifs is 1. The van der Waals surface area contributed by atoms with Crippen LogP contribution in [0.1, 0.15) is 15.9 Å². The lowest BCUT2D eigenvalue weighted by Gasteiger charge is -2.14. The Morgan fingerprint density at radius 3 is 2.56 bits per heavy atom. The van der Waals surface area contributed by atoms with Crippen LogP contribution < -0.4 is 19.5 Å². The van der Waals surface area contributed by atoms with Gasteiger partial charge in [0.15, 0.2) is 11.5 Å². The molecule has 0 spiro atoms. The largest absolute Gasteiger partial charge is 0.493 e. The number of amides is 1. The number of ether oxygens (including phenoxy) is 3. The first-order valence-electron chi connectivity index (χ1n) is 9.74. The van der Waals surface area contributed by atoms with Crippen LogP contribution in [0.5, 0.6) is 17.2 Å². The molecule has 164 valence electrons. The van der Waals surface area contributed by atoms with Gasteiger partial charge in [-0.2, -0.15) is 5.10 Å². The minimum absolute atomic E-state index is 0.235. The fraction of sp³-hybridized carbons (Fsp3) is 0.174. The summed E-state index contributed by atoms with van der Waals surface area (Å²) in [6, 6.07) is 12.8. The number of methoxy groups -OCH3 is 3. The van der Waals surface area contributed by atoms with Crippen LogP contribution in [-0.4, -0.2) is 42.4 Å². The van der Waals surface area contributed by atoms with Crippen LogP contribution in [0.3, 0.4) is 0 Å². The highest BCUT2D eigenvalue weighted by Crippen LogP contribution is 2.40. The number of hydrogen-bond donors (Lipinski definition) is 2. The molecule has 0 aliphatic rings. The van der Waals surface area contributed by atoms with Gasteiger partial charge in [0, 0.05) is 35.3 Å². The Morgan fingerprint density at radius 1 is 1.06 bits per heavy atom. The summed E-state index contributed by atoms with van der Waals surface area (Å²) in [5.74, 6) is 1.83. The van der Waals surface area contributed by atoms with Crippen LogP contribution in [0, 0.1) is 0 Å². The van der Waals surface area contributed by atoms with Crippen molar-refractivity contribution in [2.45, 2.75) is 10.8 Å². The van der Waals surface area contributed by atoms with Crippen LogP contribution >= 0.6 is 11.8 Å². The number of H-pyrrole nitrogens is 1. The molecule has 1 amide bonds. The normalized spacial score (nSPS) is 10.7. The summed E-state index contributed by atoms with van der Waals surface area (Å²) in [6.07, 6.45) is 3.52. The van der Waals surface area contributed by atoms with Crippen molar-refractivity contribution in [3.63, 3.8) is 0 Å². The van der Waals surface area contributed by atoms with Gasteiger partial charge in [0.2, 0.25) is 5.75 Å². The fourth-order valence-electron chi connectivity index (χ4n) is 3.27. The van der Waals surface area contributed by atoms with Gasteiger partial charge in [0.25, 0.3) is 5.91 Å². The summed E-state index contributed by atoms with van der Waals surface area (Å²) in [5, 5.41) is 11.8. The first-order chi connectivity index (χ1) is 15.6. The number of hydrogen-bond acceptors (Lipinski definition) is 7. The van der Waals surface area contributed by atoms with Crippen molar-refractivity contribution in [1.82, 2.24) is 15.2 Å².